The van der Waals surface area contributed by atoms with Crippen LogP contribution in [0.3, 0.4) is 0 Å². The Bertz CT molecular complexity index is 353. The average molecular weight is 221 g/mol. The van der Waals surface area contributed by atoms with Crippen LogP contribution in [0.1, 0.15) is 29.2 Å². The molecule has 0 aromatic carbocycles. The second kappa shape index (κ2) is 5.14. The Morgan fingerprint density at radius 3 is 2.94 bits per heavy atom. The van der Waals surface area contributed by atoms with Crippen LogP contribution in [-0.4, -0.2) is 47.4 Å². The van der Waals surface area contributed by atoms with Crippen molar-refractivity contribution < 1.29 is 9.53 Å². The van der Waals surface area contributed by atoms with Crippen LogP contribution < -0.4 is 0 Å². The van der Waals surface area contributed by atoms with Crippen molar-refractivity contribution in [1.82, 2.24) is 14.9 Å². The van der Waals surface area contributed by atoms with Gasteiger partial charge in [0.1, 0.15) is 6.10 Å². The Kier molecular flexibility index (Phi) is 3.58. The molecule has 1 aliphatic rings. The van der Waals surface area contributed by atoms with E-state index in [1.807, 2.05) is 0 Å². The zero-order valence-electron chi connectivity index (χ0n) is 9.30. The molecule has 0 radical (unpaired) electrons. The Morgan fingerprint density at radius 1 is 1.56 bits per heavy atom. The van der Waals surface area contributed by atoms with E-state index < -0.39 is 0 Å². The number of aldehydes is 1. The molecular weight excluding hydrogens is 206 g/mol. The van der Waals surface area contributed by atoms with Gasteiger partial charge < -0.3 is 4.74 Å². The van der Waals surface area contributed by atoms with Gasteiger partial charge in [-0.2, -0.15) is 0 Å². The van der Waals surface area contributed by atoms with E-state index in [1.54, 1.807) is 0 Å². The molecule has 86 valence electrons. The first-order valence-corrected chi connectivity index (χ1v) is 5.44. The van der Waals surface area contributed by atoms with E-state index in [1.165, 1.54) is 12.4 Å². The summed E-state index contributed by atoms with van der Waals surface area (Å²) in [4.78, 5) is 21.1. The maximum Gasteiger partial charge on any atom is 0.158 e. The lowest BCUT2D eigenvalue weighted by Gasteiger charge is -2.31. The SMILES string of the molecule is CCN1CCOC(c2ncc(C=O)cn2)C1. The molecule has 0 bridgehead atoms. The van der Waals surface area contributed by atoms with E-state index in [0.717, 1.165) is 25.9 Å². The zero-order chi connectivity index (χ0) is 11.4. The van der Waals surface area contributed by atoms with Crippen LogP contribution in [0, 0.1) is 0 Å². The van der Waals surface area contributed by atoms with Crippen molar-refractivity contribution >= 4 is 6.29 Å². The number of hydrogen-bond acceptors (Lipinski definition) is 5. The van der Waals surface area contributed by atoms with Gasteiger partial charge in [-0.1, -0.05) is 6.92 Å². The van der Waals surface area contributed by atoms with Crippen molar-refractivity contribution in [2.45, 2.75) is 13.0 Å². The minimum atomic E-state index is -0.0746. The highest BCUT2D eigenvalue weighted by Crippen LogP contribution is 2.18. The molecule has 0 N–H and O–H groups in total. The first-order valence-electron chi connectivity index (χ1n) is 5.44. The average Bonchev–Trinajstić information content (AvgIpc) is 2.39. The fraction of sp³-hybridized carbons (Fsp3) is 0.545. The quantitative estimate of drug-likeness (QED) is 0.703. The van der Waals surface area contributed by atoms with Crippen LogP contribution in [0.2, 0.25) is 0 Å². The monoisotopic (exact) mass is 221 g/mol. The number of morpholine rings is 1. The molecule has 0 amide bonds. The molecule has 0 saturated carbocycles. The van der Waals surface area contributed by atoms with Gasteiger partial charge in [0.15, 0.2) is 12.1 Å². The van der Waals surface area contributed by atoms with Crippen molar-refractivity contribution in [3.63, 3.8) is 0 Å². The number of ether oxygens (including phenoxy) is 1. The van der Waals surface area contributed by atoms with Crippen LogP contribution in [0.4, 0.5) is 0 Å². The predicted molar refractivity (Wildman–Crippen MR) is 58.2 cm³/mol. The van der Waals surface area contributed by atoms with Gasteiger partial charge in [-0.25, -0.2) is 9.97 Å². The summed E-state index contributed by atoms with van der Waals surface area (Å²) in [5.74, 6) is 0.656. The van der Waals surface area contributed by atoms with E-state index >= 15 is 0 Å². The van der Waals surface area contributed by atoms with E-state index in [0.29, 0.717) is 18.0 Å². The molecule has 1 aromatic heterocycles. The van der Waals surface area contributed by atoms with Crippen LogP contribution in [0.25, 0.3) is 0 Å². The van der Waals surface area contributed by atoms with Crippen molar-refractivity contribution in [2.75, 3.05) is 26.2 Å². The largest absolute Gasteiger partial charge is 0.368 e. The molecule has 0 spiro atoms. The summed E-state index contributed by atoms with van der Waals surface area (Å²) in [5.41, 5.74) is 0.493. The van der Waals surface area contributed by atoms with Crippen molar-refractivity contribution in [1.29, 1.82) is 0 Å². The summed E-state index contributed by atoms with van der Waals surface area (Å²) < 4.78 is 5.61. The Balaban J connectivity index is 2.07. The van der Waals surface area contributed by atoms with E-state index in [4.69, 9.17) is 4.74 Å². The molecule has 16 heavy (non-hydrogen) atoms. The fourth-order valence-electron chi connectivity index (χ4n) is 1.72. The van der Waals surface area contributed by atoms with Crippen LogP contribution in [0.15, 0.2) is 12.4 Å². The van der Waals surface area contributed by atoms with Crippen molar-refractivity contribution in [3.05, 3.63) is 23.8 Å². The van der Waals surface area contributed by atoms with Crippen LogP contribution in [-0.2, 0) is 4.74 Å². The molecule has 5 nitrogen and oxygen atoms in total. The summed E-state index contributed by atoms with van der Waals surface area (Å²) in [6.07, 6.45) is 3.73. The predicted octanol–water partition coefficient (Wildman–Crippen LogP) is 0.682. The van der Waals surface area contributed by atoms with Crippen molar-refractivity contribution in [3.8, 4) is 0 Å². The number of aromatic nitrogens is 2. The molecular formula is C11H15N3O2. The standard InChI is InChI=1S/C11H15N3O2/c1-2-14-3-4-16-10(7-14)11-12-5-9(8-15)6-13-11/h5-6,8,10H,2-4,7H2,1H3. The van der Waals surface area contributed by atoms with Gasteiger partial charge in [0, 0.05) is 25.5 Å². The van der Waals surface area contributed by atoms with E-state index in [-0.39, 0.29) is 6.10 Å². The van der Waals surface area contributed by atoms with Gasteiger partial charge in [-0.3, -0.25) is 9.69 Å². The number of carbonyl (C=O) groups is 1. The molecule has 1 atom stereocenters. The van der Waals surface area contributed by atoms with Gasteiger partial charge in [-0.05, 0) is 6.54 Å². The molecule has 0 aliphatic carbocycles. The van der Waals surface area contributed by atoms with E-state index in [9.17, 15) is 4.79 Å². The summed E-state index contributed by atoms with van der Waals surface area (Å²) in [6, 6.07) is 0. The molecule has 1 saturated heterocycles. The normalized spacial score (nSPS) is 21.9. The minimum absolute atomic E-state index is 0.0746. The molecule has 1 aliphatic heterocycles. The first kappa shape index (κ1) is 11.2. The summed E-state index contributed by atoms with van der Waals surface area (Å²) in [7, 11) is 0. The highest BCUT2D eigenvalue weighted by atomic mass is 16.5. The number of nitrogens with zero attached hydrogens (tertiary/aromatic N) is 3. The third-order valence-electron chi connectivity index (χ3n) is 2.71. The number of likely N-dealkylation sites (N-methyl/N-ethyl adjacent to an activating group) is 1. The molecule has 2 rings (SSSR count). The van der Waals surface area contributed by atoms with Crippen molar-refractivity contribution in [2.24, 2.45) is 0 Å². The molecule has 1 aromatic rings. The maximum absolute atomic E-state index is 10.5. The summed E-state index contributed by atoms with van der Waals surface area (Å²) in [6.45, 7) is 5.61. The smallest absolute Gasteiger partial charge is 0.158 e. The number of carbonyl (C=O) groups excluding carboxylic acids is 1. The molecule has 2 heterocycles. The first-order chi connectivity index (χ1) is 7.83. The van der Waals surface area contributed by atoms with Gasteiger partial charge in [-0.15, -0.1) is 0 Å². The highest BCUT2D eigenvalue weighted by molar-refractivity contribution is 5.73. The lowest BCUT2D eigenvalue weighted by molar-refractivity contribution is -0.0326. The molecule has 1 fully saturated rings. The summed E-state index contributed by atoms with van der Waals surface area (Å²) in [5, 5.41) is 0. The number of rotatable bonds is 3. The summed E-state index contributed by atoms with van der Waals surface area (Å²) >= 11 is 0. The van der Waals surface area contributed by atoms with Crippen LogP contribution in [0.5, 0.6) is 0 Å². The Labute approximate surface area is 94.5 Å². The third kappa shape index (κ3) is 2.43. The van der Waals surface area contributed by atoms with Gasteiger partial charge >= 0.3 is 0 Å². The second-order valence-corrected chi connectivity index (χ2v) is 3.75. The van der Waals surface area contributed by atoms with Gasteiger partial charge in [0.25, 0.3) is 0 Å². The van der Waals surface area contributed by atoms with Crippen LogP contribution >= 0.6 is 0 Å². The third-order valence-corrected chi connectivity index (χ3v) is 2.71. The topological polar surface area (TPSA) is 55.3 Å². The zero-order valence-corrected chi connectivity index (χ0v) is 9.30. The Morgan fingerprint density at radius 2 is 2.31 bits per heavy atom. The van der Waals surface area contributed by atoms with E-state index in [2.05, 4.69) is 21.8 Å². The Hall–Kier alpha value is -1.33. The molecule has 5 heteroatoms. The lowest BCUT2D eigenvalue weighted by Crippen LogP contribution is -2.38. The fourth-order valence-corrected chi connectivity index (χ4v) is 1.72. The van der Waals surface area contributed by atoms with Gasteiger partial charge in [0.2, 0.25) is 0 Å². The molecule has 1 unspecified atom stereocenters. The minimum Gasteiger partial charge on any atom is -0.368 e. The maximum atomic E-state index is 10.5. The lowest BCUT2D eigenvalue weighted by atomic mass is 10.2. The second-order valence-electron chi connectivity index (χ2n) is 3.75. The van der Waals surface area contributed by atoms with Gasteiger partial charge in [0.05, 0.1) is 12.2 Å². The number of hydrogen-bond donors (Lipinski definition) is 0. The highest BCUT2D eigenvalue weighted by Gasteiger charge is 2.22.